The topological polar surface area (TPSA) is 214 Å². The summed E-state index contributed by atoms with van der Waals surface area (Å²) >= 11 is 0. The zero-order valence-electron chi connectivity index (χ0n) is 45.8. The van der Waals surface area contributed by atoms with Crippen LogP contribution in [0.15, 0.2) is 24.3 Å². The number of likely N-dealkylation sites (N-methyl/N-ethyl adjacent to an activating group) is 2. The summed E-state index contributed by atoms with van der Waals surface area (Å²) in [6, 6.07) is 5.96. The van der Waals surface area contributed by atoms with Gasteiger partial charge in [0, 0.05) is 119 Å². The van der Waals surface area contributed by atoms with Crippen LogP contribution in [0.25, 0.3) is 39.3 Å². The molecule has 1 saturated heterocycles. The van der Waals surface area contributed by atoms with Crippen LogP contribution in [0.4, 0.5) is 4.79 Å². The van der Waals surface area contributed by atoms with E-state index in [1.54, 1.807) is 57.9 Å². The molecule has 7 heterocycles. The molecule has 19 nitrogen and oxygen atoms in total. The lowest BCUT2D eigenvalue weighted by Crippen LogP contribution is -2.47. The quantitative estimate of drug-likeness (QED) is 0.0558. The lowest BCUT2D eigenvalue weighted by atomic mass is 9.84. The first-order chi connectivity index (χ1) is 35.8. The highest BCUT2D eigenvalue weighted by atomic mass is 16.6. The fourth-order valence-corrected chi connectivity index (χ4v) is 9.92. The molecular formula is C56H77N9O10. The van der Waals surface area contributed by atoms with Crippen LogP contribution >= 0.6 is 0 Å². The molecule has 0 aromatic carbocycles. The van der Waals surface area contributed by atoms with Crippen LogP contribution in [-0.4, -0.2) is 188 Å². The Balaban J connectivity index is 1.33. The minimum absolute atomic E-state index is 0.123. The van der Waals surface area contributed by atoms with Crippen LogP contribution in [0.5, 0.6) is 0 Å². The SMILES string of the molecule is CCC1=C(C)c2cc3[nH]c(cc4nc(c5c6[nH]c(cc1n2)c(C)c6C(=O)N(CCN1CCOCC1)C5=O)[C@@H](CCC(=O)N(C)CCNC(=O)OC(C)(C)C)[C@@H]4C)c(C)c3/C=C/C(=O)N(C)CCOCCOCCOC. The van der Waals surface area contributed by atoms with Gasteiger partial charge < -0.3 is 48.8 Å². The number of H-pyrrole nitrogens is 2. The van der Waals surface area contributed by atoms with Crippen LogP contribution in [0.1, 0.15) is 133 Å². The molecule has 0 radical (unpaired) electrons. The summed E-state index contributed by atoms with van der Waals surface area (Å²) in [6.07, 6.45) is 3.98. The van der Waals surface area contributed by atoms with Gasteiger partial charge in [-0.1, -0.05) is 13.8 Å². The number of nitrogens with one attached hydrogen (secondary N) is 3. The van der Waals surface area contributed by atoms with Crippen molar-refractivity contribution in [3.63, 3.8) is 0 Å². The second-order valence-electron chi connectivity index (χ2n) is 20.7. The van der Waals surface area contributed by atoms with Gasteiger partial charge in [-0.25, -0.2) is 9.78 Å². The van der Waals surface area contributed by atoms with E-state index in [0.29, 0.717) is 124 Å². The molecule has 3 N–H and O–H groups in total. The molecule has 3 aromatic rings. The van der Waals surface area contributed by atoms with Crippen molar-refractivity contribution in [2.75, 3.05) is 113 Å². The van der Waals surface area contributed by atoms with Crippen molar-refractivity contribution in [1.82, 2.24) is 44.9 Å². The molecule has 75 heavy (non-hydrogen) atoms. The molecule has 2 atom stereocenters. The predicted octanol–water partition coefficient (Wildman–Crippen LogP) is 7.00. The molecule has 406 valence electrons. The Morgan fingerprint density at radius 1 is 0.853 bits per heavy atom. The second kappa shape index (κ2) is 25.1. The molecule has 7 rings (SSSR count). The number of ether oxygens (including phenoxy) is 5. The standard InChI is InChI=1S/C56H77N9O10/c1-12-38-34(2)42-32-46-39(13-15-48(67)63(10)21-24-73-29-30-74-28-27-71-11)35(3)41(59-46)31-43-36(4)40(14-16-47(66)62(9)18-17-57-55(70)75-56(6,7)8)51(60-43)50-52-49(37(5)44(61-52)33-45(38)58-42)53(68)65(54(50)69)20-19-64-22-25-72-26-23-64/h13,15,31-33,36,40,59,61H,12,14,16-30H2,1-11H3,(H,57,70)/b15-13+,41-31?,42-32?,43-31?,44-33?,45-33?,46-32?,51-50?/t36-,40-/m0/s1. The molecule has 0 aliphatic carbocycles. The summed E-state index contributed by atoms with van der Waals surface area (Å²) in [5, 5.41) is 2.73. The molecule has 5 amide bonds. The summed E-state index contributed by atoms with van der Waals surface area (Å²) in [5.74, 6) is -1.87. The molecule has 0 spiro atoms. The van der Waals surface area contributed by atoms with E-state index in [1.807, 2.05) is 38.1 Å². The summed E-state index contributed by atoms with van der Waals surface area (Å²) in [4.78, 5) is 94.4. The normalized spacial score (nSPS) is 17.1. The van der Waals surface area contributed by atoms with Gasteiger partial charge in [-0.15, -0.1) is 0 Å². The number of imide groups is 1. The van der Waals surface area contributed by atoms with Gasteiger partial charge in [0.2, 0.25) is 11.8 Å². The Kier molecular flexibility index (Phi) is 18.9. The van der Waals surface area contributed by atoms with Crippen molar-refractivity contribution < 1.29 is 47.7 Å². The Morgan fingerprint density at radius 3 is 2.24 bits per heavy atom. The molecule has 4 aliphatic heterocycles. The first-order valence-electron chi connectivity index (χ1n) is 26.2. The van der Waals surface area contributed by atoms with Gasteiger partial charge in [0.25, 0.3) is 11.8 Å². The Hall–Kier alpha value is -6.25. The Morgan fingerprint density at radius 2 is 1.53 bits per heavy atom. The van der Waals surface area contributed by atoms with Crippen molar-refractivity contribution in [2.45, 2.75) is 92.1 Å². The number of aromatic nitrogens is 4. The van der Waals surface area contributed by atoms with Crippen molar-refractivity contribution in [1.29, 1.82) is 0 Å². The predicted molar refractivity (Wildman–Crippen MR) is 288 cm³/mol. The van der Waals surface area contributed by atoms with E-state index in [2.05, 4.69) is 41.0 Å². The fraction of sp³-hybridized carbons (Fsp3) is 0.554. The molecule has 1 fully saturated rings. The number of carbonyl (C=O) groups is 5. The third-order valence-electron chi connectivity index (χ3n) is 14.4. The number of morpholine rings is 1. The largest absolute Gasteiger partial charge is 0.444 e. The van der Waals surface area contributed by atoms with E-state index in [4.69, 9.17) is 33.7 Å². The second-order valence-corrected chi connectivity index (χ2v) is 20.7. The van der Waals surface area contributed by atoms with E-state index < -0.39 is 23.5 Å². The van der Waals surface area contributed by atoms with Crippen molar-refractivity contribution >= 4 is 69.0 Å². The smallest absolute Gasteiger partial charge is 0.407 e. The van der Waals surface area contributed by atoms with E-state index in [1.165, 1.54) is 4.90 Å². The maximum absolute atomic E-state index is 15.3. The molecular weight excluding hydrogens is 959 g/mol. The van der Waals surface area contributed by atoms with Crippen LogP contribution in [-0.2, 0) is 33.3 Å². The molecule has 3 aromatic heterocycles. The average Bonchev–Trinajstić information content (AvgIpc) is 4.05. The zero-order valence-corrected chi connectivity index (χ0v) is 45.8. The Bertz CT molecular complexity index is 2850. The van der Waals surface area contributed by atoms with Gasteiger partial charge in [-0.05, 0) is 101 Å². The van der Waals surface area contributed by atoms with Crippen LogP contribution < -0.4 is 5.32 Å². The summed E-state index contributed by atoms with van der Waals surface area (Å²) in [5.41, 5.74) is 9.65. The van der Waals surface area contributed by atoms with Gasteiger partial charge in [-0.3, -0.25) is 34.0 Å². The van der Waals surface area contributed by atoms with Gasteiger partial charge in [-0.2, -0.15) is 0 Å². The average molecular weight is 1040 g/mol. The number of fused-ring (bicyclic) bond motifs is 8. The van der Waals surface area contributed by atoms with Crippen molar-refractivity contribution in [3.8, 4) is 0 Å². The monoisotopic (exact) mass is 1040 g/mol. The van der Waals surface area contributed by atoms with Gasteiger partial charge in [0.1, 0.15) is 5.60 Å². The number of rotatable bonds is 21. The van der Waals surface area contributed by atoms with Gasteiger partial charge in [0.15, 0.2) is 0 Å². The third-order valence-corrected chi connectivity index (χ3v) is 14.4. The number of nitrogens with zero attached hydrogens (tertiary/aromatic N) is 6. The highest BCUT2D eigenvalue weighted by Gasteiger charge is 2.41. The lowest BCUT2D eigenvalue weighted by Gasteiger charge is -2.31. The fourth-order valence-electron chi connectivity index (χ4n) is 9.92. The molecule has 19 heteroatoms. The molecule has 0 unspecified atom stereocenters. The van der Waals surface area contributed by atoms with Crippen molar-refractivity contribution in [2.24, 2.45) is 0 Å². The number of aromatic amines is 2. The lowest BCUT2D eigenvalue weighted by molar-refractivity contribution is -0.130. The summed E-state index contributed by atoms with van der Waals surface area (Å²) < 4.78 is 27.2. The highest BCUT2D eigenvalue weighted by Crippen LogP contribution is 2.44. The summed E-state index contributed by atoms with van der Waals surface area (Å²) in [7, 11) is 5.06. The van der Waals surface area contributed by atoms with Gasteiger partial charge in [0.05, 0.1) is 80.0 Å². The number of amides is 5. The van der Waals surface area contributed by atoms with E-state index >= 15 is 4.79 Å². The number of allylic oxidation sites excluding steroid dienone is 2. The number of carbonyl (C=O) groups excluding carboxylic acids is 5. The number of hydrogen-bond donors (Lipinski definition) is 3. The maximum Gasteiger partial charge on any atom is 0.407 e. The Labute approximate surface area is 440 Å². The number of aryl methyl sites for hydroxylation is 2. The first-order valence-corrected chi connectivity index (χ1v) is 26.2. The zero-order chi connectivity index (χ0) is 54.1. The van der Waals surface area contributed by atoms with Crippen LogP contribution in [0.3, 0.4) is 0 Å². The third kappa shape index (κ3) is 13.4. The van der Waals surface area contributed by atoms with E-state index in [9.17, 15) is 19.2 Å². The summed E-state index contributed by atoms with van der Waals surface area (Å²) in [6.45, 7) is 21.7. The molecule has 8 bridgehead atoms. The number of methoxy groups -OCH3 is 1. The minimum Gasteiger partial charge on any atom is -0.444 e. The van der Waals surface area contributed by atoms with Crippen LogP contribution in [0, 0.1) is 13.8 Å². The van der Waals surface area contributed by atoms with Crippen LogP contribution in [0.2, 0.25) is 0 Å². The first kappa shape index (κ1) is 56.5. The highest BCUT2D eigenvalue weighted by molar-refractivity contribution is 6.23. The van der Waals surface area contributed by atoms with E-state index in [0.717, 1.165) is 44.7 Å². The van der Waals surface area contributed by atoms with Crippen molar-refractivity contribution in [3.05, 3.63) is 74.9 Å². The van der Waals surface area contributed by atoms with Gasteiger partial charge >= 0.3 is 6.09 Å². The maximum atomic E-state index is 15.3. The number of hydrogen-bond acceptors (Lipinski definition) is 13. The number of alkyl carbamates (subject to hydrolysis) is 1. The minimum atomic E-state index is -0.660. The molecule has 0 saturated carbocycles. The van der Waals surface area contributed by atoms with E-state index in [-0.39, 0.29) is 49.7 Å². The molecule has 4 aliphatic rings.